The van der Waals surface area contributed by atoms with Gasteiger partial charge in [0.05, 0.1) is 21.2 Å². The van der Waals surface area contributed by atoms with Gasteiger partial charge >= 0.3 is 0 Å². The Morgan fingerprint density at radius 3 is 2.31 bits per heavy atom. The third kappa shape index (κ3) is 5.59. The van der Waals surface area contributed by atoms with E-state index < -0.39 is 10.0 Å². The van der Waals surface area contributed by atoms with Crippen molar-refractivity contribution in [2.75, 3.05) is 11.3 Å². The van der Waals surface area contributed by atoms with Gasteiger partial charge in [0.25, 0.3) is 15.9 Å². The van der Waals surface area contributed by atoms with Crippen LogP contribution in [0.1, 0.15) is 21.5 Å². The Morgan fingerprint density at radius 1 is 0.966 bits per heavy atom. The number of carbonyl (C=O) groups excluding carboxylic acids is 1. The number of halogens is 1. The lowest BCUT2D eigenvalue weighted by Gasteiger charge is -2.11. The third-order valence-electron chi connectivity index (χ3n) is 4.34. The van der Waals surface area contributed by atoms with E-state index in [0.29, 0.717) is 13.0 Å². The normalized spacial score (nSPS) is 11.1. The largest absolute Gasteiger partial charge is 0.352 e. The lowest BCUT2D eigenvalue weighted by molar-refractivity contribution is 0.0954. The fourth-order valence-electron chi connectivity index (χ4n) is 2.75. The molecule has 0 aromatic heterocycles. The smallest absolute Gasteiger partial charge is 0.261 e. The molecular formula is C22H21ClN2O3S. The number of amides is 1. The maximum atomic E-state index is 12.5. The van der Waals surface area contributed by atoms with E-state index >= 15 is 0 Å². The fourth-order valence-corrected chi connectivity index (χ4v) is 4.07. The second kappa shape index (κ2) is 9.11. The van der Waals surface area contributed by atoms with Gasteiger partial charge in [0.2, 0.25) is 0 Å². The molecule has 0 unspecified atom stereocenters. The van der Waals surface area contributed by atoms with Crippen LogP contribution in [0.4, 0.5) is 5.69 Å². The summed E-state index contributed by atoms with van der Waals surface area (Å²) in [7, 11) is -3.73. The molecule has 7 heteroatoms. The zero-order chi connectivity index (χ0) is 20.9. The van der Waals surface area contributed by atoms with Crippen molar-refractivity contribution < 1.29 is 13.2 Å². The Bertz CT molecular complexity index is 1100. The highest BCUT2D eigenvalue weighted by molar-refractivity contribution is 7.92. The van der Waals surface area contributed by atoms with Gasteiger partial charge in [-0.05, 0) is 49.2 Å². The SMILES string of the molecule is Cc1ccc(S(=O)(=O)Nc2ccc(C(=O)NCCc3ccccc3)c(Cl)c2)cc1. The monoisotopic (exact) mass is 428 g/mol. The van der Waals surface area contributed by atoms with Gasteiger partial charge in [-0.2, -0.15) is 0 Å². The molecule has 0 bridgehead atoms. The van der Waals surface area contributed by atoms with Crippen molar-refractivity contribution in [3.63, 3.8) is 0 Å². The Kier molecular flexibility index (Phi) is 6.56. The molecule has 0 saturated heterocycles. The maximum absolute atomic E-state index is 12.5. The predicted molar refractivity (Wildman–Crippen MR) is 116 cm³/mol. The summed E-state index contributed by atoms with van der Waals surface area (Å²) in [5, 5.41) is 3.00. The van der Waals surface area contributed by atoms with Gasteiger partial charge in [0.1, 0.15) is 0 Å². The summed E-state index contributed by atoms with van der Waals surface area (Å²) >= 11 is 6.22. The van der Waals surface area contributed by atoms with E-state index in [9.17, 15) is 13.2 Å². The van der Waals surface area contributed by atoms with Crippen molar-refractivity contribution in [2.24, 2.45) is 0 Å². The van der Waals surface area contributed by atoms with Crippen LogP contribution in [0.5, 0.6) is 0 Å². The highest BCUT2D eigenvalue weighted by atomic mass is 35.5. The molecule has 0 aliphatic carbocycles. The van der Waals surface area contributed by atoms with Crippen molar-refractivity contribution in [1.29, 1.82) is 0 Å². The number of hydrogen-bond acceptors (Lipinski definition) is 3. The molecule has 3 aromatic carbocycles. The van der Waals surface area contributed by atoms with E-state index in [1.54, 1.807) is 12.1 Å². The summed E-state index contributed by atoms with van der Waals surface area (Å²) in [5.41, 5.74) is 2.67. The maximum Gasteiger partial charge on any atom is 0.261 e. The van der Waals surface area contributed by atoms with Crippen LogP contribution in [0.3, 0.4) is 0 Å². The van der Waals surface area contributed by atoms with Crippen LogP contribution < -0.4 is 10.0 Å². The summed E-state index contributed by atoms with van der Waals surface area (Å²) in [6.45, 7) is 2.36. The first-order valence-corrected chi connectivity index (χ1v) is 10.9. The second-order valence-corrected chi connectivity index (χ2v) is 8.69. The van der Waals surface area contributed by atoms with E-state index in [-0.39, 0.29) is 27.1 Å². The summed E-state index contributed by atoms with van der Waals surface area (Å²) in [6, 6.07) is 20.8. The second-order valence-electron chi connectivity index (χ2n) is 6.60. The minimum absolute atomic E-state index is 0.155. The first-order valence-electron chi connectivity index (χ1n) is 9.06. The van der Waals surface area contributed by atoms with Crippen molar-refractivity contribution >= 4 is 33.2 Å². The number of anilines is 1. The predicted octanol–water partition coefficient (Wildman–Crippen LogP) is 4.42. The van der Waals surface area contributed by atoms with Crippen molar-refractivity contribution in [1.82, 2.24) is 5.32 Å². The van der Waals surface area contributed by atoms with Crippen LogP contribution in [0, 0.1) is 6.92 Å². The standard InChI is InChI=1S/C22H21ClN2O3S/c1-16-7-10-19(11-8-16)29(27,28)25-18-9-12-20(21(23)15-18)22(26)24-14-13-17-5-3-2-4-6-17/h2-12,15,25H,13-14H2,1H3,(H,24,26). The molecule has 29 heavy (non-hydrogen) atoms. The molecule has 0 saturated carbocycles. The molecule has 0 spiro atoms. The number of sulfonamides is 1. The van der Waals surface area contributed by atoms with E-state index in [1.165, 1.54) is 30.3 Å². The lowest BCUT2D eigenvalue weighted by Crippen LogP contribution is -2.26. The molecule has 3 rings (SSSR count). The molecule has 0 radical (unpaired) electrons. The molecule has 2 N–H and O–H groups in total. The van der Waals surface area contributed by atoms with Gasteiger partial charge in [0.15, 0.2) is 0 Å². The first-order chi connectivity index (χ1) is 13.8. The van der Waals surface area contributed by atoms with Crippen LogP contribution in [0.2, 0.25) is 5.02 Å². The van der Waals surface area contributed by atoms with Crippen molar-refractivity contribution in [2.45, 2.75) is 18.2 Å². The quantitative estimate of drug-likeness (QED) is 0.584. The molecule has 0 aliphatic rings. The molecule has 5 nitrogen and oxygen atoms in total. The van der Waals surface area contributed by atoms with E-state index in [4.69, 9.17) is 11.6 Å². The minimum Gasteiger partial charge on any atom is -0.352 e. The highest BCUT2D eigenvalue weighted by Crippen LogP contribution is 2.23. The molecule has 0 aliphatic heterocycles. The van der Waals surface area contributed by atoms with E-state index in [1.807, 2.05) is 37.3 Å². The first kappa shape index (κ1) is 20.9. The summed E-state index contributed by atoms with van der Waals surface area (Å²) in [6.07, 6.45) is 0.707. The van der Waals surface area contributed by atoms with Crippen LogP contribution in [0.25, 0.3) is 0 Å². The summed E-state index contributed by atoms with van der Waals surface area (Å²) < 4.78 is 27.5. The van der Waals surface area contributed by atoms with Crippen molar-refractivity contribution in [3.05, 3.63) is 94.5 Å². The minimum atomic E-state index is -3.73. The molecule has 150 valence electrons. The fraction of sp³-hybridized carbons (Fsp3) is 0.136. The van der Waals surface area contributed by atoms with E-state index in [2.05, 4.69) is 10.0 Å². The number of aryl methyl sites for hydroxylation is 1. The number of benzene rings is 3. The summed E-state index contributed by atoms with van der Waals surface area (Å²) in [4.78, 5) is 12.5. The Labute approximate surface area is 175 Å². The average Bonchev–Trinajstić information content (AvgIpc) is 2.69. The molecule has 3 aromatic rings. The van der Waals surface area contributed by atoms with Crippen LogP contribution in [0.15, 0.2) is 77.7 Å². The zero-order valence-corrected chi connectivity index (χ0v) is 17.4. The van der Waals surface area contributed by atoms with Gasteiger partial charge in [-0.15, -0.1) is 0 Å². The Hall–Kier alpha value is -2.83. The van der Waals surface area contributed by atoms with Gasteiger partial charge < -0.3 is 5.32 Å². The third-order valence-corrected chi connectivity index (χ3v) is 6.05. The average molecular weight is 429 g/mol. The van der Waals surface area contributed by atoms with Gasteiger partial charge in [-0.25, -0.2) is 8.42 Å². The Balaban J connectivity index is 1.64. The number of rotatable bonds is 7. The lowest BCUT2D eigenvalue weighted by atomic mass is 10.1. The van der Waals surface area contributed by atoms with Gasteiger partial charge in [-0.3, -0.25) is 9.52 Å². The topological polar surface area (TPSA) is 75.3 Å². The van der Waals surface area contributed by atoms with Gasteiger partial charge in [0, 0.05) is 6.54 Å². The van der Waals surface area contributed by atoms with Crippen LogP contribution >= 0.6 is 11.6 Å². The molecule has 0 heterocycles. The number of hydrogen-bond donors (Lipinski definition) is 2. The van der Waals surface area contributed by atoms with Crippen molar-refractivity contribution in [3.8, 4) is 0 Å². The molecule has 1 amide bonds. The van der Waals surface area contributed by atoms with Crippen LogP contribution in [-0.4, -0.2) is 20.9 Å². The highest BCUT2D eigenvalue weighted by Gasteiger charge is 2.16. The van der Waals surface area contributed by atoms with E-state index in [0.717, 1.165) is 11.1 Å². The number of nitrogens with one attached hydrogen (secondary N) is 2. The molecular weight excluding hydrogens is 408 g/mol. The van der Waals surface area contributed by atoms with Crippen LogP contribution in [-0.2, 0) is 16.4 Å². The van der Waals surface area contributed by atoms with Gasteiger partial charge in [-0.1, -0.05) is 59.6 Å². The number of carbonyl (C=O) groups is 1. The molecule has 0 fully saturated rings. The Morgan fingerprint density at radius 2 is 1.66 bits per heavy atom. The zero-order valence-electron chi connectivity index (χ0n) is 15.9. The molecule has 0 atom stereocenters. The summed E-state index contributed by atoms with van der Waals surface area (Å²) in [5.74, 6) is -0.307.